The molecule has 1 atom stereocenters. The second-order valence-electron chi connectivity index (χ2n) is 4.23. The van der Waals surface area contributed by atoms with E-state index in [-0.39, 0.29) is 5.91 Å². The number of amides is 1. The lowest BCUT2D eigenvalue weighted by Gasteiger charge is -2.32. The van der Waals surface area contributed by atoms with Gasteiger partial charge in [-0.25, -0.2) is 5.01 Å². The number of rotatable bonds is 2. The van der Waals surface area contributed by atoms with Crippen LogP contribution in [-0.4, -0.2) is 36.6 Å². The van der Waals surface area contributed by atoms with Gasteiger partial charge >= 0.3 is 0 Å². The summed E-state index contributed by atoms with van der Waals surface area (Å²) in [6.45, 7) is 3.10. The molecule has 0 radical (unpaired) electrons. The monoisotopic (exact) mass is 197 g/mol. The van der Waals surface area contributed by atoms with Crippen molar-refractivity contribution in [2.75, 3.05) is 19.6 Å². The van der Waals surface area contributed by atoms with Crippen LogP contribution in [0.25, 0.3) is 0 Å². The quantitative estimate of drug-likeness (QED) is 0.667. The molecular weight excluding hydrogens is 178 g/mol. The van der Waals surface area contributed by atoms with Crippen LogP contribution in [0.5, 0.6) is 0 Å². The number of nitrogens with zero attached hydrogens (tertiary/aromatic N) is 1. The van der Waals surface area contributed by atoms with Gasteiger partial charge in [-0.15, -0.1) is 0 Å². The zero-order valence-electron chi connectivity index (χ0n) is 8.59. The third-order valence-corrected chi connectivity index (χ3v) is 2.97. The molecule has 2 fully saturated rings. The Hall–Kier alpha value is -0.610. The number of hydrogen-bond acceptors (Lipinski definition) is 3. The Morgan fingerprint density at radius 1 is 1.36 bits per heavy atom. The van der Waals surface area contributed by atoms with Gasteiger partial charge in [0, 0.05) is 25.6 Å². The summed E-state index contributed by atoms with van der Waals surface area (Å²) in [4.78, 5) is 11.1. The molecule has 4 nitrogen and oxygen atoms in total. The van der Waals surface area contributed by atoms with Crippen molar-refractivity contribution in [2.45, 2.75) is 38.1 Å². The lowest BCUT2D eigenvalue weighted by molar-refractivity contribution is -0.128. The Bertz CT molecular complexity index is 202. The number of carbonyl (C=O) groups excluding carboxylic acids is 1. The van der Waals surface area contributed by atoms with Crippen LogP contribution in [-0.2, 0) is 4.79 Å². The average molecular weight is 197 g/mol. The Labute approximate surface area is 85.0 Å². The van der Waals surface area contributed by atoms with Crippen LogP contribution in [0, 0.1) is 0 Å². The normalized spacial score (nSPS) is 30.0. The molecule has 4 heteroatoms. The molecule has 0 aromatic heterocycles. The van der Waals surface area contributed by atoms with Crippen LogP contribution in [0.4, 0.5) is 0 Å². The van der Waals surface area contributed by atoms with Crippen LogP contribution < -0.4 is 10.7 Å². The van der Waals surface area contributed by atoms with Crippen LogP contribution >= 0.6 is 0 Å². The van der Waals surface area contributed by atoms with Crippen molar-refractivity contribution in [1.82, 2.24) is 15.8 Å². The number of hydrazine groups is 1. The van der Waals surface area contributed by atoms with Gasteiger partial charge in [0.05, 0.1) is 0 Å². The minimum absolute atomic E-state index is 0.173. The average Bonchev–Trinajstić information content (AvgIpc) is 2.19. The fourth-order valence-corrected chi connectivity index (χ4v) is 2.20. The molecule has 14 heavy (non-hydrogen) atoms. The van der Waals surface area contributed by atoms with E-state index >= 15 is 0 Å². The third kappa shape index (κ3) is 2.69. The van der Waals surface area contributed by atoms with E-state index in [4.69, 9.17) is 0 Å². The van der Waals surface area contributed by atoms with E-state index in [1.165, 1.54) is 19.3 Å². The molecule has 2 saturated heterocycles. The van der Waals surface area contributed by atoms with Crippen LogP contribution in [0.3, 0.4) is 0 Å². The van der Waals surface area contributed by atoms with Crippen molar-refractivity contribution in [3.05, 3.63) is 0 Å². The number of piperidine rings is 1. The molecule has 0 aliphatic carbocycles. The molecule has 0 saturated carbocycles. The summed E-state index contributed by atoms with van der Waals surface area (Å²) in [5, 5.41) is 5.55. The minimum atomic E-state index is 0.173. The topological polar surface area (TPSA) is 44.4 Å². The minimum Gasteiger partial charge on any atom is -0.313 e. The second-order valence-corrected chi connectivity index (χ2v) is 4.23. The van der Waals surface area contributed by atoms with Crippen LogP contribution in [0.2, 0.25) is 0 Å². The van der Waals surface area contributed by atoms with Crippen molar-refractivity contribution < 1.29 is 4.79 Å². The van der Waals surface area contributed by atoms with Gasteiger partial charge in [-0.3, -0.25) is 10.2 Å². The summed E-state index contributed by atoms with van der Waals surface area (Å²) in [5.41, 5.74) is 2.92. The van der Waals surface area contributed by atoms with Crippen molar-refractivity contribution >= 4 is 5.91 Å². The summed E-state index contributed by atoms with van der Waals surface area (Å²) >= 11 is 0. The summed E-state index contributed by atoms with van der Waals surface area (Å²) < 4.78 is 0. The molecule has 0 aromatic carbocycles. The van der Waals surface area contributed by atoms with Gasteiger partial charge in [0.25, 0.3) is 0 Å². The maximum atomic E-state index is 11.1. The highest BCUT2D eigenvalue weighted by Crippen LogP contribution is 2.09. The zero-order valence-corrected chi connectivity index (χ0v) is 8.59. The molecule has 2 aliphatic rings. The largest absolute Gasteiger partial charge is 0.313 e. The van der Waals surface area contributed by atoms with Gasteiger partial charge in [0.2, 0.25) is 5.91 Å². The Kier molecular flexibility index (Phi) is 3.37. The summed E-state index contributed by atoms with van der Waals surface area (Å²) in [6, 6.07) is 0.571. The molecular formula is C10H19N3O. The molecule has 2 N–H and O–H groups in total. The first-order chi connectivity index (χ1) is 6.84. The lowest BCUT2D eigenvalue weighted by atomic mass is 10.0. The zero-order chi connectivity index (χ0) is 9.80. The SMILES string of the molecule is O=C1CCCN(CC2CCCCN2)N1. The fraction of sp³-hybridized carbons (Fsp3) is 0.900. The van der Waals surface area contributed by atoms with E-state index in [0.717, 1.165) is 26.1 Å². The number of hydrogen-bond donors (Lipinski definition) is 2. The Balaban J connectivity index is 1.75. The highest BCUT2D eigenvalue weighted by molar-refractivity contribution is 5.75. The van der Waals surface area contributed by atoms with Crippen molar-refractivity contribution in [1.29, 1.82) is 0 Å². The Morgan fingerprint density at radius 2 is 2.29 bits per heavy atom. The van der Waals surface area contributed by atoms with Gasteiger partial charge in [-0.1, -0.05) is 6.42 Å². The summed E-state index contributed by atoms with van der Waals surface area (Å²) in [6.07, 6.45) is 5.54. The highest BCUT2D eigenvalue weighted by Gasteiger charge is 2.20. The van der Waals surface area contributed by atoms with E-state index in [1.54, 1.807) is 0 Å². The van der Waals surface area contributed by atoms with E-state index in [2.05, 4.69) is 15.8 Å². The van der Waals surface area contributed by atoms with Crippen molar-refractivity contribution in [3.63, 3.8) is 0 Å². The number of nitrogens with one attached hydrogen (secondary N) is 2. The van der Waals surface area contributed by atoms with E-state index < -0.39 is 0 Å². The molecule has 2 heterocycles. The summed E-state index contributed by atoms with van der Waals surface area (Å²) in [7, 11) is 0. The molecule has 0 spiro atoms. The van der Waals surface area contributed by atoms with E-state index in [0.29, 0.717) is 12.5 Å². The molecule has 0 bridgehead atoms. The first-order valence-corrected chi connectivity index (χ1v) is 5.62. The molecule has 80 valence electrons. The Morgan fingerprint density at radius 3 is 3.00 bits per heavy atom. The van der Waals surface area contributed by atoms with Gasteiger partial charge in [-0.2, -0.15) is 0 Å². The van der Waals surface area contributed by atoms with E-state index in [9.17, 15) is 4.79 Å². The molecule has 1 amide bonds. The predicted molar refractivity (Wildman–Crippen MR) is 54.6 cm³/mol. The molecule has 1 unspecified atom stereocenters. The first-order valence-electron chi connectivity index (χ1n) is 5.62. The lowest BCUT2D eigenvalue weighted by Crippen LogP contribution is -2.53. The maximum absolute atomic E-state index is 11.1. The second kappa shape index (κ2) is 4.75. The maximum Gasteiger partial charge on any atom is 0.234 e. The van der Waals surface area contributed by atoms with Gasteiger partial charge < -0.3 is 5.32 Å². The predicted octanol–water partition coefficient (Wildman–Crippen LogP) is 0.255. The third-order valence-electron chi connectivity index (χ3n) is 2.97. The molecule has 0 aromatic rings. The molecule has 2 rings (SSSR count). The smallest absolute Gasteiger partial charge is 0.234 e. The van der Waals surface area contributed by atoms with E-state index in [1.807, 2.05) is 0 Å². The highest BCUT2D eigenvalue weighted by atomic mass is 16.2. The fourth-order valence-electron chi connectivity index (χ4n) is 2.20. The number of carbonyl (C=O) groups is 1. The van der Waals surface area contributed by atoms with Crippen LogP contribution in [0.1, 0.15) is 32.1 Å². The van der Waals surface area contributed by atoms with Gasteiger partial charge in [0.1, 0.15) is 0 Å². The van der Waals surface area contributed by atoms with Crippen molar-refractivity contribution in [3.8, 4) is 0 Å². The van der Waals surface area contributed by atoms with Gasteiger partial charge in [-0.05, 0) is 25.8 Å². The van der Waals surface area contributed by atoms with Crippen LogP contribution in [0.15, 0.2) is 0 Å². The van der Waals surface area contributed by atoms with Crippen molar-refractivity contribution in [2.24, 2.45) is 0 Å². The standard InChI is InChI=1S/C10H19N3O/c14-10-5-3-7-13(12-10)8-9-4-1-2-6-11-9/h9,11H,1-8H2,(H,12,14). The summed E-state index contributed by atoms with van der Waals surface area (Å²) in [5.74, 6) is 0.173. The first kappa shape index (κ1) is 9.93. The van der Waals surface area contributed by atoms with Gasteiger partial charge in [0.15, 0.2) is 0 Å². The molecule has 2 aliphatic heterocycles.